The molecule has 0 fully saturated rings. The monoisotopic (exact) mass is 346 g/mol. The quantitative estimate of drug-likeness (QED) is 0.353. The molecule has 0 aliphatic rings. The lowest BCUT2D eigenvalue weighted by atomic mass is 9.79. The van der Waals surface area contributed by atoms with E-state index >= 15 is 0 Å². The summed E-state index contributed by atoms with van der Waals surface area (Å²) >= 11 is 6.26. The van der Waals surface area contributed by atoms with Gasteiger partial charge in [0.1, 0.15) is 11.2 Å². The molecule has 0 bridgehead atoms. The number of furan rings is 1. The van der Waals surface area contributed by atoms with E-state index < -0.39 is 7.12 Å². The van der Waals surface area contributed by atoms with Crippen LogP contribution in [0, 0.1) is 0 Å². The minimum absolute atomic E-state index is 0.433. The normalized spacial score (nSPS) is 11.8. The van der Waals surface area contributed by atoms with Crippen LogP contribution in [0.2, 0.25) is 5.02 Å². The molecule has 0 aliphatic carbocycles. The lowest BCUT2D eigenvalue weighted by molar-refractivity contribution is 0.426. The summed E-state index contributed by atoms with van der Waals surface area (Å²) in [5.41, 5.74) is 1.96. The van der Waals surface area contributed by atoms with Crippen molar-refractivity contribution in [3.63, 3.8) is 0 Å². The minimum atomic E-state index is -1.52. The Labute approximate surface area is 148 Å². The molecule has 0 radical (unpaired) electrons. The van der Waals surface area contributed by atoms with Gasteiger partial charge in [0.2, 0.25) is 0 Å². The van der Waals surface area contributed by atoms with E-state index in [1.54, 1.807) is 12.1 Å². The zero-order valence-corrected chi connectivity index (χ0v) is 13.8. The van der Waals surface area contributed by atoms with Crippen LogP contribution < -0.4 is 5.46 Å². The van der Waals surface area contributed by atoms with Gasteiger partial charge in [-0.05, 0) is 39.8 Å². The van der Waals surface area contributed by atoms with Crippen LogP contribution in [0.5, 0.6) is 0 Å². The molecule has 5 rings (SSSR count). The Kier molecular flexibility index (Phi) is 3.10. The van der Waals surface area contributed by atoms with Crippen LogP contribution in [0.1, 0.15) is 0 Å². The van der Waals surface area contributed by atoms with Gasteiger partial charge in [0.05, 0.1) is 0 Å². The molecule has 1 aromatic heterocycles. The van der Waals surface area contributed by atoms with E-state index in [0.29, 0.717) is 10.5 Å². The number of benzene rings is 4. The number of hydrogen-bond donors (Lipinski definition) is 2. The fourth-order valence-electron chi connectivity index (χ4n) is 3.61. The highest BCUT2D eigenvalue weighted by Gasteiger charge is 2.18. The third kappa shape index (κ3) is 2.09. The molecule has 0 saturated heterocycles. The maximum Gasteiger partial charge on any atom is 0.488 e. The van der Waals surface area contributed by atoms with Crippen LogP contribution in [-0.4, -0.2) is 17.2 Å². The van der Waals surface area contributed by atoms with Crippen LogP contribution >= 0.6 is 11.6 Å². The van der Waals surface area contributed by atoms with Crippen molar-refractivity contribution >= 4 is 67.7 Å². The van der Waals surface area contributed by atoms with E-state index in [2.05, 4.69) is 0 Å². The molecular formula is C20H12BClO3. The van der Waals surface area contributed by atoms with Gasteiger partial charge in [-0.2, -0.15) is 0 Å². The molecule has 5 aromatic rings. The average molecular weight is 347 g/mol. The van der Waals surface area contributed by atoms with Crippen LogP contribution in [0.25, 0.3) is 43.5 Å². The average Bonchev–Trinajstić information content (AvgIpc) is 3.01. The highest BCUT2D eigenvalue weighted by atomic mass is 35.5. The Morgan fingerprint density at radius 2 is 1.52 bits per heavy atom. The summed E-state index contributed by atoms with van der Waals surface area (Å²) in [5.74, 6) is 0. The van der Waals surface area contributed by atoms with E-state index in [1.807, 2.05) is 48.5 Å². The SMILES string of the molecule is OB(O)c1ccc2c3ccc(Cl)cc3c3c4ccccc4oc3c2c1. The van der Waals surface area contributed by atoms with Crippen molar-refractivity contribution < 1.29 is 14.5 Å². The van der Waals surface area contributed by atoms with Gasteiger partial charge in [-0.3, -0.25) is 0 Å². The lowest BCUT2D eigenvalue weighted by Gasteiger charge is -2.09. The van der Waals surface area contributed by atoms with Crippen molar-refractivity contribution in [3.05, 3.63) is 65.7 Å². The van der Waals surface area contributed by atoms with Gasteiger partial charge in [-0.15, -0.1) is 0 Å². The van der Waals surface area contributed by atoms with Crippen molar-refractivity contribution in [2.24, 2.45) is 0 Å². The fraction of sp³-hybridized carbons (Fsp3) is 0. The number of rotatable bonds is 1. The van der Waals surface area contributed by atoms with Gasteiger partial charge >= 0.3 is 7.12 Å². The molecular weight excluding hydrogens is 334 g/mol. The topological polar surface area (TPSA) is 53.6 Å². The first-order chi connectivity index (χ1) is 12.1. The smallest absolute Gasteiger partial charge is 0.455 e. The zero-order valence-electron chi connectivity index (χ0n) is 13.0. The molecule has 2 N–H and O–H groups in total. The van der Waals surface area contributed by atoms with Gasteiger partial charge in [-0.25, -0.2) is 0 Å². The second-order valence-electron chi connectivity index (χ2n) is 6.17. The zero-order chi connectivity index (χ0) is 17.1. The summed E-state index contributed by atoms with van der Waals surface area (Å²) in [6.45, 7) is 0. The molecule has 0 spiro atoms. The maximum absolute atomic E-state index is 9.55. The van der Waals surface area contributed by atoms with Crippen LogP contribution in [-0.2, 0) is 0 Å². The van der Waals surface area contributed by atoms with E-state index in [1.165, 1.54) is 0 Å². The Morgan fingerprint density at radius 3 is 2.36 bits per heavy atom. The second-order valence-corrected chi connectivity index (χ2v) is 6.61. The first-order valence-corrected chi connectivity index (χ1v) is 8.33. The summed E-state index contributed by atoms with van der Waals surface area (Å²) in [5, 5.41) is 25.7. The Morgan fingerprint density at radius 1 is 0.760 bits per heavy atom. The standard InChI is InChI=1S/C20H12BClO3/c22-12-6-8-13-14-7-5-11(21(23)24)9-17(14)20-19(16(13)10-12)15-3-1-2-4-18(15)25-20/h1-10,23-24H. The largest absolute Gasteiger partial charge is 0.488 e. The summed E-state index contributed by atoms with van der Waals surface area (Å²) < 4.78 is 6.14. The Hall–Kier alpha value is -2.53. The molecule has 3 nitrogen and oxygen atoms in total. The third-order valence-corrected chi connectivity index (χ3v) is 4.96. The van der Waals surface area contributed by atoms with Crippen molar-refractivity contribution in [1.29, 1.82) is 0 Å². The fourth-order valence-corrected chi connectivity index (χ4v) is 3.78. The third-order valence-electron chi connectivity index (χ3n) is 4.72. The predicted octanol–water partition coefficient (Wildman–Crippen LogP) is 4.23. The summed E-state index contributed by atoms with van der Waals surface area (Å²) in [6, 6.07) is 19.1. The van der Waals surface area contributed by atoms with Crippen molar-refractivity contribution in [2.45, 2.75) is 0 Å². The van der Waals surface area contributed by atoms with Crippen LogP contribution in [0.3, 0.4) is 0 Å². The predicted molar refractivity (Wildman–Crippen MR) is 104 cm³/mol. The van der Waals surface area contributed by atoms with Crippen LogP contribution in [0.4, 0.5) is 0 Å². The number of fused-ring (bicyclic) bond motifs is 8. The van der Waals surface area contributed by atoms with E-state index in [-0.39, 0.29) is 0 Å². The summed E-state index contributed by atoms with van der Waals surface area (Å²) in [7, 11) is -1.52. The molecule has 120 valence electrons. The number of para-hydroxylation sites is 1. The molecule has 0 saturated carbocycles. The molecule has 0 unspecified atom stereocenters. The molecule has 0 aliphatic heterocycles. The Balaban J connectivity index is 2.12. The van der Waals surface area contributed by atoms with Gasteiger partial charge in [0.25, 0.3) is 0 Å². The van der Waals surface area contributed by atoms with Gasteiger partial charge < -0.3 is 14.5 Å². The van der Waals surface area contributed by atoms with E-state index in [0.717, 1.165) is 43.5 Å². The lowest BCUT2D eigenvalue weighted by Crippen LogP contribution is -2.29. The molecule has 25 heavy (non-hydrogen) atoms. The minimum Gasteiger partial charge on any atom is -0.455 e. The summed E-state index contributed by atoms with van der Waals surface area (Å²) in [4.78, 5) is 0. The molecule has 4 aromatic carbocycles. The van der Waals surface area contributed by atoms with Crippen molar-refractivity contribution in [2.75, 3.05) is 0 Å². The maximum atomic E-state index is 9.55. The first kappa shape index (κ1) is 14.8. The molecule has 1 heterocycles. The number of halogens is 1. The number of hydrogen-bond acceptors (Lipinski definition) is 3. The molecule has 0 atom stereocenters. The highest BCUT2D eigenvalue weighted by molar-refractivity contribution is 6.59. The van der Waals surface area contributed by atoms with E-state index in [9.17, 15) is 10.0 Å². The molecule has 5 heteroatoms. The van der Waals surface area contributed by atoms with E-state index in [4.69, 9.17) is 16.0 Å². The highest BCUT2D eigenvalue weighted by Crippen LogP contribution is 2.41. The van der Waals surface area contributed by atoms with Crippen molar-refractivity contribution in [3.8, 4) is 0 Å². The first-order valence-electron chi connectivity index (χ1n) is 7.96. The Bertz CT molecular complexity index is 1290. The summed E-state index contributed by atoms with van der Waals surface area (Å²) in [6.07, 6.45) is 0. The van der Waals surface area contributed by atoms with Crippen LogP contribution in [0.15, 0.2) is 65.1 Å². The molecule has 0 amide bonds. The van der Waals surface area contributed by atoms with Gasteiger partial charge in [0.15, 0.2) is 0 Å². The van der Waals surface area contributed by atoms with Gasteiger partial charge in [0, 0.05) is 21.2 Å². The second kappa shape index (κ2) is 5.23. The van der Waals surface area contributed by atoms with Crippen molar-refractivity contribution in [1.82, 2.24) is 0 Å². The van der Waals surface area contributed by atoms with Gasteiger partial charge in [-0.1, -0.05) is 54.1 Å².